The lowest BCUT2D eigenvalue weighted by Gasteiger charge is -1.92. The van der Waals surface area contributed by atoms with Crippen LogP contribution in [-0.2, 0) is 0 Å². The minimum Gasteiger partial charge on any atom is -0.337 e. The lowest BCUT2D eigenvalue weighted by Crippen LogP contribution is -1.76. The minimum absolute atomic E-state index is 0.372. The smallest absolute Gasteiger partial charge is 0.159 e. The van der Waals surface area contributed by atoms with Crippen LogP contribution in [0.25, 0.3) is 10.2 Å². The van der Waals surface area contributed by atoms with E-state index in [4.69, 9.17) is 35.4 Å². The number of pyridine rings is 1. The number of hydrogen-bond donors (Lipinski definition) is 1. The van der Waals surface area contributed by atoms with E-state index in [1.807, 2.05) is 0 Å². The molecule has 2 aromatic rings. The highest BCUT2D eigenvalue weighted by Gasteiger charge is 2.04. The Morgan fingerprint density at radius 2 is 2.25 bits per heavy atom. The van der Waals surface area contributed by atoms with Crippen molar-refractivity contribution in [2.24, 2.45) is 0 Å². The number of nitrogens with one attached hydrogen (secondary N) is 1. The van der Waals surface area contributed by atoms with Crippen molar-refractivity contribution in [3.8, 4) is 0 Å². The van der Waals surface area contributed by atoms with Gasteiger partial charge in [0.1, 0.15) is 10.3 Å². The summed E-state index contributed by atoms with van der Waals surface area (Å²) in [6.45, 7) is 0. The second-order valence-electron chi connectivity index (χ2n) is 2.13. The molecule has 0 amide bonds. The van der Waals surface area contributed by atoms with Crippen LogP contribution in [0.3, 0.4) is 0 Å². The van der Waals surface area contributed by atoms with Gasteiger partial charge in [0, 0.05) is 6.07 Å². The van der Waals surface area contributed by atoms with E-state index in [0.717, 1.165) is 10.2 Å². The molecular weight excluding hydrogens is 235 g/mol. The molecular formula is C6H2Cl2N2S2. The molecule has 62 valence electrons. The van der Waals surface area contributed by atoms with Crippen molar-refractivity contribution >= 4 is 57.0 Å². The molecule has 0 atom stereocenters. The number of halogens is 2. The molecule has 0 aliphatic rings. The summed E-state index contributed by atoms with van der Waals surface area (Å²) in [6, 6.07) is 1.70. The van der Waals surface area contributed by atoms with E-state index in [-0.39, 0.29) is 0 Å². The molecule has 2 nitrogen and oxygen atoms in total. The average Bonchev–Trinajstić information content (AvgIpc) is 2.29. The molecule has 2 rings (SSSR count). The van der Waals surface area contributed by atoms with Gasteiger partial charge in [0.2, 0.25) is 0 Å². The molecule has 0 aliphatic heterocycles. The van der Waals surface area contributed by atoms with Crippen LogP contribution in [-0.4, -0.2) is 9.97 Å². The van der Waals surface area contributed by atoms with Gasteiger partial charge in [0.25, 0.3) is 0 Å². The number of thiazole rings is 1. The molecule has 0 bridgehead atoms. The third-order valence-corrected chi connectivity index (χ3v) is 3.17. The summed E-state index contributed by atoms with van der Waals surface area (Å²) < 4.78 is 1.53. The van der Waals surface area contributed by atoms with Crippen molar-refractivity contribution in [3.63, 3.8) is 0 Å². The highest BCUT2D eigenvalue weighted by molar-refractivity contribution is 7.73. The largest absolute Gasteiger partial charge is 0.337 e. The lowest BCUT2D eigenvalue weighted by atomic mass is 10.4. The van der Waals surface area contributed by atoms with Crippen molar-refractivity contribution in [2.75, 3.05) is 0 Å². The Morgan fingerprint density at radius 3 is 3.00 bits per heavy atom. The Hall–Kier alpha value is -0.160. The zero-order valence-corrected chi connectivity index (χ0v) is 8.74. The summed E-state index contributed by atoms with van der Waals surface area (Å²) in [4.78, 5) is 6.85. The van der Waals surface area contributed by atoms with Crippen LogP contribution in [0.5, 0.6) is 0 Å². The van der Waals surface area contributed by atoms with Crippen molar-refractivity contribution in [3.05, 3.63) is 20.3 Å². The van der Waals surface area contributed by atoms with Gasteiger partial charge < -0.3 is 4.98 Å². The Morgan fingerprint density at radius 1 is 1.50 bits per heavy atom. The van der Waals surface area contributed by atoms with Crippen LogP contribution in [0.1, 0.15) is 0 Å². The first-order valence-corrected chi connectivity index (χ1v) is 5.00. The SMILES string of the molecule is S=c1[nH]c2cc(Cl)nc(Cl)c2s1. The van der Waals surface area contributed by atoms with Gasteiger partial charge in [-0.1, -0.05) is 23.2 Å². The monoisotopic (exact) mass is 236 g/mol. The normalized spacial score (nSPS) is 10.8. The number of aromatic nitrogens is 2. The second-order valence-corrected chi connectivity index (χ2v) is 4.56. The second kappa shape index (κ2) is 2.96. The summed E-state index contributed by atoms with van der Waals surface area (Å²) in [7, 11) is 0. The quantitative estimate of drug-likeness (QED) is 0.559. The standard InChI is InChI=1S/C6H2Cl2N2S2/c7-3-1-2-4(5(8)10-3)12-6(11)9-2/h1H,(H,9,11). The maximum absolute atomic E-state index is 5.82. The molecule has 0 radical (unpaired) electrons. The summed E-state index contributed by atoms with van der Waals surface area (Å²) in [6.07, 6.45) is 0. The Labute approximate surface area is 87.2 Å². The molecule has 0 aromatic carbocycles. The summed E-state index contributed by atoms with van der Waals surface area (Å²) in [5, 5.41) is 0.770. The predicted molar refractivity (Wildman–Crippen MR) is 54.8 cm³/mol. The van der Waals surface area contributed by atoms with Gasteiger partial charge in [0.05, 0.1) is 10.2 Å². The van der Waals surface area contributed by atoms with Crippen molar-refractivity contribution in [1.82, 2.24) is 9.97 Å². The van der Waals surface area contributed by atoms with Gasteiger partial charge >= 0.3 is 0 Å². The van der Waals surface area contributed by atoms with Crippen LogP contribution in [0.15, 0.2) is 6.07 Å². The maximum atomic E-state index is 5.82. The van der Waals surface area contributed by atoms with Crippen LogP contribution in [0.2, 0.25) is 10.3 Å². The lowest BCUT2D eigenvalue weighted by molar-refractivity contribution is 1.35. The fourth-order valence-electron chi connectivity index (χ4n) is 0.891. The molecule has 6 heteroatoms. The van der Waals surface area contributed by atoms with Gasteiger partial charge in [-0.25, -0.2) is 4.98 Å². The first kappa shape index (κ1) is 8.44. The first-order valence-electron chi connectivity index (χ1n) is 3.01. The molecule has 0 fully saturated rings. The van der Waals surface area contributed by atoms with Crippen LogP contribution in [0.4, 0.5) is 0 Å². The van der Waals surface area contributed by atoms with E-state index in [0.29, 0.717) is 14.3 Å². The third kappa shape index (κ3) is 1.35. The van der Waals surface area contributed by atoms with Crippen LogP contribution >= 0.6 is 46.8 Å². The number of fused-ring (bicyclic) bond motifs is 1. The van der Waals surface area contributed by atoms with Crippen LogP contribution < -0.4 is 0 Å². The molecule has 2 aromatic heterocycles. The third-order valence-electron chi connectivity index (χ3n) is 1.33. The zero-order valence-electron chi connectivity index (χ0n) is 5.60. The van der Waals surface area contributed by atoms with E-state index >= 15 is 0 Å². The zero-order chi connectivity index (χ0) is 8.72. The molecule has 12 heavy (non-hydrogen) atoms. The van der Waals surface area contributed by atoms with E-state index in [1.54, 1.807) is 6.07 Å². The van der Waals surface area contributed by atoms with Gasteiger partial charge in [0.15, 0.2) is 3.95 Å². The fourth-order valence-corrected chi connectivity index (χ4v) is 2.49. The number of nitrogens with zero attached hydrogens (tertiary/aromatic N) is 1. The highest BCUT2D eigenvalue weighted by Crippen LogP contribution is 2.27. The van der Waals surface area contributed by atoms with Gasteiger partial charge in [-0.05, 0) is 12.2 Å². The van der Waals surface area contributed by atoms with E-state index < -0.39 is 0 Å². The topological polar surface area (TPSA) is 28.7 Å². The molecule has 1 N–H and O–H groups in total. The van der Waals surface area contributed by atoms with E-state index in [2.05, 4.69) is 9.97 Å². The number of hydrogen-bond acceptors (Lipinski definition) is 3. The summed E-state index contributed by atoms with van der Waals surface area (Å²) in [5.41, 5.74) is 0.843. The van der Waals surface area contributed by atoms with E-state index in [9.17, 15) is 0 Å². The fraction of sp³-hybridized carbons (Fsp3) is 0. The first-order chi connectivity index (χ1) is 5.66. The Bertz CT molecular complexity index is 488. The van der Waals surface area contributed by atoms with E-state index in [1.165, 1.54) is 11.3 Å². The predicted octanol–water partition coefficient (Wildman–Crippen LogP) is 3.66. The molecule has 0 saturated heterocycles. The minimum atomic E-state index is 0.372. The molecule has 0 saturated carbocycles. The van der Waals surface area contributed by atoms with Gasteiger partial charge in [-0.2, -0.15) is 0 Å². The number of aromatic amines is 1. The van der Waals surface area contributed by atoms with Crippen molar-refractivity contribution in [1.29, 1.82) is 0 Å². The molecule has 0 aliphatic carbocycles. The molecule has 2 heterocycles. The Kier molecular flexibility index (Phi) is 2.08. The van der Waals surface area contributed by atoms with Crippen molar-refractivity contribution < 1.29 is 0 Å². The molecule has 0 spiro atoms. The number of rotatable bonds is 0. The average molecular weight is 237 g/mol. The highest BCUT2D eigenvalue weighted by atomic mass is 35.5. The van der Waals surface area contributed by atoms with Gasteiger partial charge in [-0.3, -0.25) is 0 Å². The van der Waals surface area contributed by atoms with Crippen LogP contribution in [0, 0.1) is 3.95 Å². The maximum Gasteiger partial charge on any atom is 0.159 e. The number of H-pyrrole nitrogens is 1. The van der Waals surface area contributed by atoms with Gasteiger partial charge in [-0.15, -0.1) is 11.3 Å². The summed E-state index contributed by atoms with van der Waals surface area (Å²) >= 11 is 17.9. The summed E-state index contributed by atoms with van der Waals surface area (Å²) in [5.74, 6) is 0. The molecule has 0 unspecified atom stereocenters. The Balaban J connectivity index is 2.97. The van der Waals surface area contributed by atoms with Crippen molar-refractivity contribution in [2.45, 2.75) is 0 Å².